The number of carbonyl (C=O) groups is 2. The second kappa shape index (κ2) is 9.95. The van der Waals surface area contributed by atoms with Crippen LogP contribution in [-0.4, -0.2) is 48.7 Å². The maximum absolute atomic E-state index is 13.1. The molecule has 0 radical (unpaired) electrons. The van der Waals surface area contributed by atoms with Crippen molar-refractivity contribution in [2.75, 3.05) is 31.8 Å². The molecule has 0 saturated carbocycles. The van der Waals surface area contributed by atoms with E-state index in [1.807, 2.05) is 19.9 Å². The van der Waals surface area contributed by atoms with E-state index < -0.39 is 11.8 Å². The topological polar surface area (TPSA) is 107 Å². The van der Waals surface area contributed by atoms with Crippen LogP contribution in [0.4, 0.5) is 11.5 Å². The largest absolute Gasteiger partial charge is 0.495 e. The Kier molecular flexibility index (Phi) is 7.07. The van der Waals surface area contributed by atoms with Crippen molar-refractivity contribution in [2.45, 2.75) is 13.8 Å². The second-order valence-corrected chi connectivity index (χ2v) is 7.84. The first-order valence-electron chi connectivity index (χ1n) is 10.3. The fourth-order valence-electron chi connectivity index (χ4n) is 3.17. The minimum absolute atomic E-state index is 0.258. The number of rotatable bonds is 6. The van der Waals surface area contributed by atoms with Gasteiger partial charge in [0.1, 0.15) is 17.4 Å². The van der Waals surface area contributed by atoms with Gasteiger partial charge in [-0.25, -0.2) is 4.98 Å². The van der Waals surface area contributed by atoms with E-state index in [1.165, 1.54) is 7.11 Å². The molecule has 0 unspecified atom stereocenters. The maximum Gasteiger partial charge on any atom is 0.259 e. The molecule has 0 fully saturated rings. The SMILES string of the molecule is COc1cc(C)cc(C(=O)Nc2ccc(C)cn2)c1NC(=O)c1ccc(C(=N)N(C)C)cc1. The summed E-state index contributed by atoms with van der Waals surface area (Å²) in [6, 6.07) is 13.7. The number of benzene rings is 2. The third-order valence-corrected chi connectivity index (χ3v) is 4.97. The van der Waals surface area contributed by atoms with E-state index in [0.29, 0.717) is 28.5 Å². The summed E-state index contributed by atoms with van der Waals surface area (Å²) in [5, 5.41) is 13.6. The molecule has 8 nitrogen and oxygen atoms in total. The van der Waals surface area contributed by atoms with Crippen molar-refractivity contribution in [2.24, 2.45) is 0 Å². The molecule has 2 aromatic carbocycles. The predicted molar refractivity (Wildman–Crippen MR) is 130 cm³/mol. The maximum atomic E-state index is 13.1. The van der Waals surface area contributed by atoms with E-state index in [9.17, 15) is 9.59 Å². The summed E-state index contributed by atoms with van der Waals surface area (Å²) in [6.45, 7) is 3.75. The number of anilines is 2. The highest BCUT2D eigenvalue weighted by molar-refractivity contribution is 6.13. The first kappa shape index (κ1) is 23.5. The molecule has 3 rings (SSSR count). The van der Waals surface area contributed by atoms with Crippen LogP contribution in [0.3, 0.4) is 0 Å². The number of hydrogen-bond acceptors (Lipinski definition) is 5. The average molecular weight is 446 g/mol. The van der Waals surface area contributed by atoms with Gasteiger partial charge in [0.15, 0.2) is 0 Å². The van der Waals surface area contributed by atoms with Gasteiger partial charge in [0.2, 0.25) is 0 Å². The van der Waals surface area contributed by atoms with Crippen molar-refractivity contribution in [1.82, 2.24) is 9.88 Å². The quantitative estimate of drug-likeness (QED) is 0.391. The molecule has 3 N–H and O–H groups in total. The molecule has 0 aliphatic carbocycles. The molecule has 0 aliphatic rings. The van der Waals surface area contributed by atoms with E-state index in [-0.39, 0.29) is 11.3 Å². The molecular weight excluding hydrogens is 418 g/mol. The van der Waals surface area contributed by atoms with Gasteiger partial charge in [0, 0.05) is 31.4 Å². The van der Waals surface area contributed by atoms with Crippen LogP contribution >= 0.6 is 0 Å². The Labute approximate surface area is 193 Å². The fraction of sp³-hybridized carbons (Fsp3) is 0.200. The smallest absolute Gasteiger partial charge is 0.259 e. The number of methoxy groups -OCH3 is 1. The summed E-state index contributed by atoms with van der Waals surface area (Å²) in [5.41, 5.74) is 3.38. The second-order valence-electron chi connectivity index (χ2n) is 7.84. The standard InChI is InChI=1S/C25H27N5O3/c1-15-6-11-21(27-14-15)28-25(32)19-12-16(2)13-20(33-5)22(19)29-24(31)18-9-7-17(8-10-18)23(26)30(3)4/h6-14,26H,1-5H3,(H,29,31)(H,27,28,32). The highest BCUT2D eigenvalue weighted by atomic mass is 16.5. The molecule has 33 heavy (non-hydrogen) atoms. The van der Waals surface area contributed by atoms with Crippen molar-refractivity contribution in [1.29, 1.82) is 5.41 Å². The van der Waals surface area contributed by atoms with E-state index in [0.717, 1.165) is 11.1 Å². The van der Waals surface area contributed by atoms with Crippen molar-refractivity contribution >= 4 is 29.2 Å². The summed E-state index contributed by atoms with van der Waals surface area (Å²) >= 11 is 0. The first-order valence-corrected chi connectivity index (χ1v) is 10.3. The Balaban J connectivity index is 1.90. The van der Waals surface area contributed by atoms with E-state index in [1.54, 1.807) is 67.7 Å². The van der Waals surface area contributed by atoms with Crippen molar-refractivity contribution in [3.8, 4) is 5.75 Å². The molecule has 170 valence electrons. The lowest BCUT2D eigenvalue weighted by molar-refractivity contribution is 0.102. The zero-order valence-electron chi connectivity index (χ0n) is 19.3. The lowest BCUT2D eigenvalue weighted by Crippen LogP contribution is -2.22. The Morgan fingerprint density at radius 1 is 0.909 bits per heavy atom. The zero-order chi connectivity index (χ0) is 24.1. The van der Waals surface area contributed by atoms with E-state index in [4.69, 9.17) is 10.1 Å². The summed E-state index contributed by atoms with van der Waals surface area (Å²) in [6.07, 6.45) is 1.66. The lowest BCUT2D eigenvalue weighted by Gasteiger charge is -2.17. The number of ether oxygens (including phenoxy) is 1. The van der Waals surface area contributed by atoms with Gasteiger partial charge in [-0.05, 0) is 55.3 Å². The minimum Gasteiger partial charge on any atom is -0.495 e. The van der Waals surface area contributed by atoms with Gasteiger partial charge in [-0.2, -0.15) is 0 Å². The molecule has 0 atom stereocenters. The number of aromatic nitrogens is 1. The molecule has 0 spiro atoms. The summed E-state index contributed by atoms with van der Waals surface area (Å²) in [7, 11) is 5.05. The normalized spacial score (nSPS) is 10.3. The van der Waals surface area contributed by atoms with Crippen LogP contribution in [0.25, 0.3) is 0 Å². The average Bonchev–Trinajstić information content (AvgIpc) is 2.80. The Bertz CT molecular complexity index is 1190. The molecule has 8 heteroatoms. The molecule has 2 amide bonds. The Morgan fingerprint density at radius 3 is 2.15 bits per heavy atom. The van der Waals surface area contributed by atoms with E-state index in [2.05, 4.69) is 15.6 Å². The number of amidine groups is 1. The fourth-order valence-corrected chi connectivity index (χ4v) is 3.17. The molecule has 0 bridgehead atoms. The molecule has 0 aliphatic heterocycles. The van der Waals surface area contributed by atoms with Crippen molar-refractivity contribution < 1.29 is 14.3 Å². The summed E-state index contributed by atoms with van der Waals surface area (Å²) < 4.78 is 5.45. The summed E-state index contributed by atoms with van der Waals surface area (Å²) in [5.74, 6) is 0.297. The van der Waals surface area contributed by atoms with Crippen LogP contribution in [0.2, 0.25) is 0 Å². The van der Waals surface area contributed by atoms with E-state index >= 15 is 0 Å². The molecule has 1 heterocycles. The number of pyridine rings is 1. The number of aryl methyl sites for hydroxylation is 2. The third kappa shape index (κ3) is 5.54. The van der Waals surface area contributed by atoms with Crippen LogP contribution < -0.4 is 15.4 Å². The van der Waals surface area contributed by atoms with Gasteiger partial charge in [-0.15, -0.1) is 0 Å². The van der Waals surface area contributed by atoms with Crippen LogP contribution in [-0.2, 0) is 0 Å². The number of amides is 2. The van der Waals surface area contributed by atoms with Gasteiger partial charge in [0.05, 0.1) is 18.4 Å². The predicted octanol–water partition coefficient (Wildman–Crippen LogP) is 4.10. The lowest BCUT2D eigenvalue weighted by atomic mass is 10.1. The van der Waals surface area contributed by atoms with Crippen molar-refractivity contribution in [3.63, 3.8) is 0 Å². The molecule has 1 aromatic heterocycles. The number of nitrogens with zero attached hydrogens (tertiary/aromatic N) is 2. The van der Waals surface area contributed by atoms with Crippen LogP contribution in [0.5, 0.6) is 5.75 Å². The molecular formula is C25H27N5O3. The monoisotopic (exact) mass is 445 g/mol. The minimum atomic E-state index is -0.418. The first-order chi connectivity index (χ1) is 15.7. The van der Waals surface area contributed by atoms with Gasteiger partial charge >= 0.3 is 0 Å². The Morgan fingerprint density at radius 2 is 1.58 bits per heavy atom. The van der Waals surface area contributed by atoms with Crippen LogP contribution in [0.15, 0.2) is 54.7 Å². The van der Waals surface area contributed by atoms with Gasteiger partial charge in [0.25, 0.3) is 11.8 Å². The third-order valence-electron chi connectivity index (χ3n) is 4.97. The van der Waals surface area contributed by atoms with Crippen LogP contribution in [0, 0.1) is 19.3 Å². The highest BCUT2D eigenvalue weighted by Gasteiger charge is 2.20. The van der Waals surface area contributed by atoms with Gasteiger partial charge in [-0.1, -0.05) is 18.2 Å². The number of carbonyl (C=O) groups excluding carboxylic acids is 2. The molecule has 0 saturated heterocycles. The van der Waals surface area contributed by atoms with Crippen molar-refractivity contribution in [3.05, 3.63) is 82.5 Å². The summed E-state index contributed by atoms with van der Waals surface area (Å²) in [4.78, 5) is 31.9. The Hall–Kier alpha value is -4.20. The van der Waals surface area contributed by atoms with Gasteiger partial charge < -0.3 is 20.3 Å². The van der Waals surface area contributed by atoms with Crippen LogP contribution in [0.1, 0.15) is 37.4 Å². The molecule has 3 aromatic rings. The number of hydrogen-bond donors (Lipinski definition) is 3. The number of nitrogens with one attached hydrogen (secondary N) is 3. The highest BCUT2D eigenvalue weighted by Crippen LogP contribution is 2.31. The van der Waals surface area contributed by atoms with Gasteiger partial charge in [-0.3, -0.25) is 15.0 Å². The zero-order valence-corrected chi connectivity index (χ0v) is 19.3.